The molecule has 2 heterocycles. The fourth-order valence-electron chi connectivity index (χ4n) is 4.85. The van der Waals surface area contributed by atoms with Gasteiger partial charge in [0.2, 0.25) is 17.7 Å². The quantitative estimate of drug-likeness (QED) is 0.252. The van der Waals surface area contributed by atoms with Gasteiger partial charge in [-0.3, -0.25) is 14.4 Å². The van der Waals surface area contributed by atoms with Gasteiger partial charge < -0.3 is 31.1 Å². The van der Waals surface area contributed by atoms with E-state index < -0.39 is 35.6 Å². The number of hydrogen-bond donors (Lipinski definition) is 5. The Hall–Kier alpha value is -3.51. The number of thiazole rings is 1. The second-order valence-electron chi connectivity index (χ2n) is 11.6. The fraction of sp³-hybridized carbons (Fsp3) is 0.552. The number of nitrogens with one attached hydrogen (secondary N) is 3. The molecule has 3 rings (SSSR count). The fourth-order valence-corrected chi connectivity index (χ4v) is 5.67. The minimum absolute atomic E-state index is 0.00247. The number of carbonyl (C=O) groups is 4. The number of amides is 4. The third kappa shape index (κ3) is 8.74. The zero-order valence-corrected chi connectivity index (χ0v) is 25.1. The zero-order valence-electron chi connectivity index (χ0n) is 24.3. The first-order valence-corrected chi connectivity index (χ1v) is 14.7. The van der Waals surface area contributed by atoms with E-state index in [1.165, 1.54) is 4.90 Å². The summed E-state index contributed by atoms with van der Waals surface area (Å²) in [7, 11) is 0. The normalized spacial score (nSPS) is 18.4. The lowest BCUT2D eigenvalue weighted by Gasteiger charge is -2.35. The maximum atomic E-state index is 13.7. The number of β-amino-alcohol motifs (C(OH)–C–C–N with tert-alkyl or cyclic N) is 1. The first-order chi connectivity index (χ1) is 19.3. The third-order valence-electron chi connectivity index (χ3n) is 7.17. The molecule has 4 atom stereocenters. The van der Waals surface area contributed by atoms with Crippen LogP contribution in [0.5, 0.6) is 0 Å². The summed E-state index contributed by atoms with van der Waals surface area (Å²) in [6.07, 6.45) is -0.798. The second kappa shape index (κ2) is 13.9. The Kier molecular flexibility index (Phi) is 10.9. The lowest BCUT2D eigenvalue weighted by atomic mass is 9.85. The van der Waals surface area contributed by atoms with Crippen LogP contribution < -0.4 is 16.0 Å². The summed E-state index contributed by atoms with van der Waals surface area (Å²) in [5.74, 6) is -1.12. The van der Waals surface area contributed by atoms with E-state index in [2.05, 4.69) is 20.9 Å². The number of carboxylic acid groups (broad SMARTS) is 1. The number of likely N-dealkylation sites (tertiary alicyclic amines) is 1. The van der Waals surface area contributed by atoms with Crippen molar-refractivity contribution in [1.82, 2.24) is 25.8 Å². The molecule has 2 aromatic rings. The molecule has 0 unspecified atom stereocenters. The second-order valence-corrected chi connectivity index (χ2v) is 12.4. The molecule has 224 valence electrons. The van der Waals surface area contributed by atoms with Gasteiger partial charge in [0.15, 0.2) is 0 Å². The number of rotatable bonds is 11. The van der Waals surface area contributed by atoms with Crippen molar-refractivity contribution >= 4 is 35.2 Å². The topological polar surface area (TPSA) is 161 Å². The van der Waals surface area contributed by atoms with E-state index in [9.17, 15) is 24.3 Å². The highest BCUT2D eigenvalue weighted by atomic mass is 32.1. The van der Waals surface area contributed by atoms with Crippen molar-refractivity contribution in [3.8, 4) is 10.4 Å². The van der Waals surface area contributed by atoms with E-state index in [1.807, 2.05) is 64.4 Å². The predicted molar refractivity (Wildman–Crippen MR) is 156 cm³/mol. The standard InChI is InChI=1S/C29H41N5O6S/c1-17(19-9-11-20(12-10-19)24-18(2)31-16-41-24)32-26(37)22-14-21(35)15-34(22)27(38)25(29(3,4)5)33-23(36)8-6-7-13-30-28(39)40/h9-12,16-17,21-22,25,30,35H,6-8,13-15H2,1-5H3,(H,32,37)(H,33,36)(H,39,40)/t17-,21+,22-,25+/m0/s1. The Morgan fingerprint density at radius 1 is 1.12 bits per heavy atom. The minimum atomic E-state index is -1.12. The number of hydrogen-bond acceptors (Lipinski definition) is 7. The van der Waals surface area contributed by atoms with Gasteiger partial charge >= 0.3 is 6.09 Å². The zero-order chi connectivity index (χ0) is 30.3. The van der Waals surface area contributed by atoms with E-state index in [-0.39, 0.29) is 43.8 Å². The van der Waals surface area contributed by atoms with Crippen LogP contribution in [0.1, 0.15) is 70.7 Å². The number of aliphatic hydroxyl groups is 1. The number of benzene rings is 1. The van der Waals surface area contributed by atoms with Gasteiger partial charge in [-0.05, 0) is 43.2 Å². The highest BCUT2D eigenvalue weighted by Gasteiger charge is 2.44. The van der Waals surface area contributed by atoms with E-state index in [0.29, 0.717) is 12.8 Å². The summed E-state index contributed by atoms with van der Waals surface area (Å²) in [5, 5.41) is 27.1. The Morgan fingerprint density at radius 2 is 1.80 bits per heavy atom. The molecular formula is C29H41N5O6S. The van der Waals surface area contributed by atoms with Crippen LogP contribution in [0.3, 0.4) is 0 Å². The first kappa shape index (κ1) is 32.0. The first-order valence-electron chi connectivity index (χ1n) is 13.8. The Balaban J connectivity index is 1.64. The van der Waals surface area contributed by atoms with Crippen LogP contribution in [0, 0.1) is 12.3 Å². The summed E-state index contributed by atoms with van der Waals surface area (Å²) in [4.78, 5) is 57.1. The van der Waals surface area contributed by atoms with Crippen LogP contribution in [0.4, 0.5) is 4.79 Å². The predicted octanol–water partition coefficient (Wildman–Crippen LogP) is 3.23. The highest BCUT2D eigenvalue weighted by Crippen LogP contribution is 2.29. The van der Waals surface area contributed by atoms with Crippen LogP contribution in [0.15, 0.2) is 29.8 Å². The molecule has 0 aliphatic carbocycles. The minimum Gasteiger partial charge on any atom is -0.465 e. The van der Waals surface area contributed by atoms with E-state index in [4.69, 9.17) is 5.11 Å². The van der Waals surface area contributed by atoms with E-state index in [0.717, 1.165) is 21.7 Å². The molecule has 1 saturated heterocycles. The highest BCUT2D eigenvalue weighted by molar-refractivity contribution is 7.13. The number of nitrogens with zero attached hydrogens (tertiary/aromatic N) is 2. The van der Waals surface area contributed by atoms with Gasteiger partial charge in [0, 0.05) is 25.9 Å². The van der Waals surface area contributed by atoms with Crippen molar-refractivity contribution < 1.29 is 29.4 Å². The van der Waals surface area contributed by atoms with Crippen LogP contribution in [-0.2, 0) is 14.4 Å². The monoisotopic (exact) mass is 587 g/mol. The largest absolute Gasteiger partial charge is 0.465 e. The smallest absolute Gasteiger partial charge is 0.404 e. The maximum absolute atomic E-state index is 13.7. The number of aryl methyl sites for hydroxylation is 1. The molecular weight excluding hydrogens is 546 g/mol. The summed E-state index contributed by atoms with van der Waals surface area (Å²) < 4.78 is 0. The molecule has 41 heavy (non-hydrogen) atoms. The molecule has 0 spiro atoms. The summed E-state index contributed by atoms with van der Waals surface area (Å²) in [5.41, 5.74) is 4.07. The molecule has 0 bridgehead atoms. The summed E-state index contributed by atoms with van der Waals surface area (Å²) in [6.45, 7) is 9.55. The number of carbonyl (C=O) groups excluding carboxylic acids is 3. The van der Waals surface area contributed by atoms with Gasteiger partial charge in [-0.25, -0.2) is 9.78 Å². The average molecular weight is 588 g/mol. The molecule has 11 nitrogen and oxygen atoms in total. The van der Waals surface area contributed by atoms with Gasteiger partial charge in [-0.15, -0.1) is 11.3 Å². The number of aliphatic hydroxyl groups excluding tert-OH is 1. The van der Waals surface area contributed by atoms with Gasteiger partial charge in [-0.2, -0.15) is 0 Å². The van der Waals surface area contributed by atoms with Crippen LogP contribution in [0.25, 0.3) is 10.4 Å². The Bertz CT molecular complexity index is 1230. The molecule has 1 aromatic heterocycles. The number of aromatic nitrogens is 1. The van der Waals surface area contributed by atoms with Gasteiger partial charge in [0.1, 0.15) is 12.1 Å². The average Bonchev–Trinajstić information content (AvgIpc) is 3.51. The molecule has 1 aromatic carbocycles. The van der Waals surface area contributed by atoms with E-state index in [1.54, 1.807) is 11.3 Å². The Morgan fingerprint density at radius 3 is 2.39 bits per heavy atom. The summed E-state index contributed by atoms with van der Waals surface area (Å²) >= 11 is 1.57. The lowest BCUT2D eigenvalue weighted by Crippen LogP contribution is -2.57. The molecule has 5 N–H and O–H groups in total. The molecule has 0 radical (unpaired) electrons. The number of unbranched alkanes of at least 4 members (excludes halogenated alkanes) is 1. The lowest BCUT2D eigenvalue weighted by molar-refractivity contribution is -0.144. The maximum Gasteiger partial charge on any atom is 0.404 e. The van der Waals surface area contributed by atoms with Crippen molar-refractivity contribution in [2.24, 2.45) is 5.41 Å². The molecule has 0 saturated carbocycles. The Labute approximate surface area is 244 Å². The van der Waals surface area contributed by atoms with Crippen LogP contribution >= 0.6 is 11.3 Å². The van der Waals surface area contributed by atoms with Gasteiger partial charge in [0.25, 0.3) is 0 Å². The van der Waals surface area contributed by atoms with Crippen LogP contribution in [-0.4, -0.2) is 75.2 Å². The SMILES string of the molecule is Cc1ncsc1-c1ccc([C@H](C)NC(=O)[C@@H]2C[C@@H](O)CN2C(=O)[C@@H](NC(=O)CCCCNC(=O)O)C(C)(C)C)cc1. The van der Waals surface area contributed by atoms with Crippen molar-refractivity contribution in [1.29, 1.82) is 0 Å². The third-order valence-corrected chi connectivity index (χ3v) is 8.14. The van der Waals surface area contributed by atoms with Crippen molar-refractivity contribution in [2.45, 2.75) is 84.5 Å². The van der Waals surface area contributed by atoms with Crippen molar-refractivity contribution in [2.75, 3.05) is 13.1 Å². The molecule has 1 aliphatic heterocycles. The molecule has 1 fully saturated rings. The van der Waals surface area contributed by atoms with E-state index >= 15 is 0 Å². The van der Waals surface area contributed by atoms with Crippen LogP contribution in [0.2, 0.25) is 0 Å². The molecule has 12 heteroatoms. The van der Waals surface area contributed by atoms with Gasteiger partial charge in [0.05, 0.1) is 28.2 Å². The van der Waals surface area contributed by atoms with Crippen molar-refractivity contribution in [3.05, 3.63) is 41.0 Å². The molecule has 1 aliphatic rings. The summed E-state index contributed by atoms with van der Waals surface area (Å²) in [6, 6.07) is 5.78. The molecule has 4 amide bonds. The van der Waals surface area contributed by atoms with Crippen molar-refractivity contribution in [3.63, 3.8) is 0 Å². The van der Waals surface area contributed by atoms with Gasteiger partial charge in [-0.1, -0.05) is 45.0 Å².